The summed E-state index contributed by atoms with van der Waals surface area (Å²) in [6.07, 6.45) is 0. The molecule has 0 aliphatic rings. The van der Waals surface area contributed by atoms with Crippen LogP contribution in [-0.2, 0) is 0 Å². The number of rotatable bonds is 4. The van der Waals surface area contributed by atoms with E-state index in [9.17, 15) is 0 Å². The SMILES string of the molecule is c1ccc(-c2nc3ccc4ccc5ccc6cc(-c7nc(-c8ccc9ccccc9c8)nc(-c8cccc9oc%10ccccc%10c89)n7)ccc6c5c4c3o2)cc1. The Labute approximate surface area is 319 Å². The van der Waals surface area contributed by atoms with E-state index in [0.29, 0.717) is 23.4 Å². The molecule has 12 aromatic rings. The van der Waals surface area contributed by atoms with Crippen molar-refractivity contribution in [3.05, 3.63) is 170 Å². The summed E-state index contributed by atoms with van der Waals surface area (Å²) in [6, 6.07) is 58.3. The molecule has 0 saturated carbocycles. The van der Waals surface area contributed by atoms with Crippen LogP contribution in [0.1, 0.15) is 0 Å². The Morgan fingerprint density at radius 3 is 1.84 bits per heavy atom. The maximum Gasteiger partial charge on any atom is 0.227 e. The number of furan rings is 1. The predicted molar refractivity (Wildman–Crippen MR) is 226 cm³/mol. The summed E-state index contributed by atoms with van der Waals surface area (Å²) in [6.45, 7) is 0. The summed E-state index contributed by atoms with van der Waals surface area (Å²) < 4.78 is 12.8. The van der Waals surface area contributed by atoms with E-state index in [1.807, 2.05) is 66.7 Å². The molecule has 9 aromatic carbocycles. The van der Waals surface area contributed by atoms with Gasteiger partial charge in [-0.25, -0.2) is 19.9 Å². The van der Waals surface area contributed by atoms with Crippen LogP contribution in [0.4, 0.5) is 0 Å². The normalized spacial score (nSPS) is 11.9. The molecular formula is C50H28N4O2. The van der Waals surface area contributed by atoms with Gasteiger partial charge < -0.3 is 8.83 Å². The van der Waals surface area contributed by atoms with E-state index < -0.39 is 0 Å². The van der Waals surface area contributed by atoms with Crippen LogP contribution in [0.25, 0.3) is 122 Å². The average molecular weight is 717 g/mol. The third-order valence-electron chi connectivity index (χ3n) is 10.9. The van der Waals surface area contributed by atoms with Crippen LogP contribution in [0.15, 0.2) is 179 Å². The van der Waals surface area contributed by atoms with E-state index >= 15 is 0 Å². The van der Waals surface area contributed by atoms with E-state index in [2.05, 4.69) is 103 Å². The van der Waals surface area contributed by atoms with Crippen LogP contribution in [0.3, 0.4) is 0 Å². The van der Waals surface area contributed by atoms with E-state index in [1.54, 1.807) is 0 Å². The molecule has 0 radical (unpaired) electrons. The van der Waals surface area contributed by atoms with Gasteiger partial charge in [0.25, 0.3) is 0 Å². The molecular weight excluding hydrogens is 689 g/mol. The number of para-hydroxylation sites is 1. The highest BCUT2D eigenvalue weighted by Crippen LogP contribution is 2.40. The van der Waals surface area contributed by atoms with Crippen LogP contribution >= 0.6 is 0 Å². The number of aromatic nitrogens is 4. The summed E-state index contributed by atoms with van der Waals surface area (Å²) in [5, 5.41) is 10.9. The molecule has 0 unspecified atom stereocenters. The third-order valence-corrected chi connectivity index (χ3v) is 10.9. The lowest BCUT2D eigenvalue weighted by atomic mass is 9.95. The van der Waals surface area contributed by atoms with Crippen molar-refractivity contribution >= 4 is 76.1 Å². The molecule has 260 valence electrons. The molecule has 0 aliphatic carbocycles. The van der Waals surface area contributed by atoms with Gasteiger partial charge in [0.15, 0.2) is 23.1 Å². The predicted octanol–water partition coefficient (Wildman–Crippen LogP) is 13.2. The number of hydrogen-bond acceptors (Lipinski definition) is 6. The maximum absolute atomic E-state index is 6.56. The van der Waals surface area contributed by atoms with Crippen LogP contribution < -0.4 is 0 Å². The smallest absolute Gasteiger partial charge is 0.227 e. The van der Waals surface area contributed by atoms with Crippen molar-refractivity contribution in [3.8, 4) is 45.6 Å². The standard InChI is InChI=1S/C50H28N4O2/c1-2-10-32(11-3-1)50-51-40-26-24-31-19-18-30-20-21-34-28-36(23-25-37(34)43(30)44(31)46(40)56-50)48-52-47(35-22-17-29-9-4-5-12-33(29)27-35)53-49(54-48)39-14-8-16-42-45(39)38-13-6-7-15-41(38)55-42/h1-28H. The van der Waals surface area contributed by atoms with Crippen molar-refractivity contribution in [2.45, 2.75) is 0 Å². The van der Waals surface area contributed by atoms with Crippen LogP contribution in [0.5, 0.6) is 0 Å². The minimum atomic E-state index is 0.585. The molecule has 6 nitrogen and oxygen atoms in total. The fourth-order valence-electron chi connectivity index (χ4n) is 8.24. The first-order valence-electron chi connectivity index (χ1n) is 18.6. The first kappa shape index (κ1) is 30.7. The Kier molecular flexibility index (Phi) is 6.53. The third kappa shape index (κ3) is 4.76. The van der Waals surface area contributed by atoms with Gasteiger partial charge in [0.1, 0.15) is 16.7 Å². The second-order valence-corrected chi connectivity index (χ2v) is 14.2. The molecule has 12 rings (SSSR count). The fourth-order valence-corrected chi connectivity index (χ4v) is 8.24. The number of nitrogens with zero attached hydrogens (tertiary/aromatic N) is 4. The zero-order valence-corrected chi connectivity index (χ0v) is 29.8. The van der Waals surface area contributed by atoms with Crippen LogP contribution in [-0.4, -0.2) is 19.9 Å². The van der Waals surface area contributed by atoms with Crippen molar-refractivity contribution in [3.63, 3.8) is 0 Å². The second kappa shape index (κ2) is 11.9. The van der Waals surface area contributed by atoms with Crippen LogP contribution in [0.2, 0.25) is 0 Å². The molecule has 0 atom stereocenters. The zero-order chi connectivity index (χ0) is 36.7. The van der Waals surface area contributed by atoms with E-state index in [0.717, 1.165) is 98.4 Å². The maximum atomic E-state index is 6.56. The molecule has 0 saturated heterocycles. The van der Waals surface area contributed by atoms with Gasteiger partial charge in [-0.2, -0.15) is 0 Å². The number of fused-ring (bicyclic) bond motifs is 11. The van der Waals surface area contributed by atoms with Crippen molar-refractivity contribution in [1.29, 1.82) is 0 Å². The van der Waals surface area contributed by atoms with Crippen molar-refractivity contribution < 1.29 is 8.83 Å². The summed E-state index contributed by atoms with van der Waals surface area (Å²) in [7, 11) is 0. The van der Waals surface area contributed by atoms with Gasteiger partial charge in [-0.1, -0.05) is 127 Å². The zero-order valence-electron chi connectivity index (χ0n) is 29.8. The molecule has 0 aliphatic heterocycles. The summed E-state index contributed by atoms with van der Waals surface area (Å²) >= 11 is 0. The first-order valence-corrected chi connectivity index (χ1v) is 18.6. The van der Waals surface area contributed by atoms with Crippen molar-refractivity contribution in [1.82, 2.24) is 19.9 Å². The summed E-state index contributed by atoms with van der Waals surface area (Å²) in [5.74, 6) is 2.39. The molecule has 0 bridgehead atoms. The Morgan fingerprint density at radius 1 is 0.339 bits per heavy atom. The van der Waals surface area contributed by atoms with Gasteiger partial charge in [0.2, 0.25) is 5.89 Å². The first-order chi connectivity index (χ1) is 27.7. The highest BCUT2D eigenvalue weighted by atomic mass is 16.3. The highest BCUT2D eigenvalue weighted by molar-refractivity contribution is 6.26. The lowest BCUT2D eigenvalue weighted by molar-refractivity contribution is 0.623. The van der Waals surface area contributed by atoms with Crippen molar-refractivity contribution in [2.24, 2.45) is 0 Å². The molecule has 0 spiro atoms. The number of benzene rings is 9. The Hall–Kier alpha value is -7.70. The summed E-state index contributed by atoms with van der Waals surface area (Å²) in [4.78, 5) is 20.4. The number of oxazole rings is 1. The van der Waals surface area contributed by atoms with E-state index in [1.165, 1.54) is 0 Å². The van der Waals surface area contributed by atoms with Gasteiger partial charge in [-0.15, -0.1) is 0 Å². The van der Waals surface area contributed by atoms with Gasteiger partial charge in [-0.3, -0.25) is 0 Å². The Balaban J connectivity index is 1.08. The lowest BCUT2D eigenvalue weighted by Gasteiger charge is -2.12. The van der Waals surface area contributed by atoms with E-state index in [-0.39, 0.29) is 0 Å². The minimum Gasteiger partial charge on any atom is -0.456 e. The Morgan fingerprint density at radius 2 is 0.982 bits per heavy atom. The largest absolute Gasteiger partial charge is 0.456 e. The lowest BCUT2D eigenvalue weighted by Crippen LogP contribution is -2.00. The van der Waals surface area contributed by atoms with Crippen molar-refractivity contribution in [2.75, 3.05) is 0 Å². The molecule has 56 heavy (non-hydrogen) atoms. The molecule has 0 N–H and O–H groups in total. The van der Waals surface area contributed by atoms with Crippen LogP contribution in [0, 0.1) is 0 Å². The highest BCUT2D eigenvalue weighted by Gasteiger charge is 2.19. The quantitative estimate of drug-likeness (QED) is 0.169. The molecule has 0 amide bonds. The second-order valence-electron chi connectivity index (χ2n) is 14.2. The molecule has 6 heteroatoms. The summed E-state index contributed by atoms with van der Waals surface area (Å²) in [5.41, 5.74) is 6.88. The Bertz CT molecular complexity index is 3550. The molecule has 3 aromatic heterocycles. The molecule has 3 heterocycles. The van der Waals surface area contributed by atoms with Gasteiger partial charge in [0, 0.05) is 43.8 Å². The monoisotopic (exact) mass is 716 g/mol. The number of hydrogen-bond donors (Lipinski definition) is 0. The molecule has 0 fully saturated rings. The van der Waals surface area contributed by atoms with Gasteiger partial charge in [0.05, 0.1) is 0 Å². The topological polar surface area (TPSA) is 77.8 Å². The fraction of sp³-hybridized carbons (Fsp3) is 0. The van der Waals surface area contributed by atoms with Gasteiger partial charge >= 0.3 is 0 Å². The minimum absolute atomic E-state index is 0.585. The van der Waals surface area contributed by atoms with E-state index in [4.69, 9.17) is 28.8 Å². The van der Waals surface area contributed by atoms with Gasteiger partial charge in [-0.05, 0) is 74.8 Å². The average Bonchev–Trinajstić information content (AvgIpc) is 3.88.